The number of anilines is 5. The average molecular weight is 480 g/mol. The van der Waals surface area contributed by atoms with Crippen molar-refractivity contribution in [3.05, 3.63) is 96.2 Å². The smallest absolute Gasteiger partial charge is 0.229 e. The van der Waals surface area contributed by atoms with Crippen LogP contribution in [0.15, 0.2) is 85.1 Å². The molecule has 1 aliphatic heterocycles. The molecule has 0 atom stereocenters. The highest BCUT2D eigenvalue weighted by Crippen LogP contribution is 2.25. The first-order valence-corrected chi connectivity index (χ1v) is 12.5. The van der Waals surface area contributed by atoms with E-state index in [0.29, 0.717) is 0 Å². The summed E-state index contributed by atoms with van der Waals surface area (Å²) in [5.74, 6) is 3.47. The fourth-order valence-corrected chi connectivity index (χ4v) is 4.48. The van der Waals surface area contributed by atoms with Crippen LogP contribution < -0.4 is 20.0 Å². The number of hydrogen-bond acceptors (Lipinski definition) is 7. The minimum atomic E-state index is 0.756. The molecule has 0 unspecified atom stereocenters. The van der Waals surface area contributed by atoms with Crippen LogP contribution in [0.1, 0.15) is 17.5 Å². The Labute approximate surface area is 213 Å². The first-order chi connectivity index (χ1) is 17.6. The topological polar surface area (TPSA) is 60.4 Å². The van der Waals surface area contributed by atoms with Crippen molar-refractivity contribution in [3.63, 3.8) is 0 Å². The second-order valence-corrected chi connectivity index (χ2v) is 9.31. The number of rotatable bonds is 7. The van der Waals surface area contributed by atoms with Gasteiger partial charge in [-0.25, -0.2) is 4.98 Å². The van der Waals surface area contributed by atoms with Crippen molar-refractivity contribution in [1.82, 2.24) is 15.0 Å². The molecule has 1 N–H and O–H groups in total. The fourth-order valence-electron chi connectivity index (χ4n) is 4.48. The first kappa shape index (κ1) is 23.6. The minimum Gasteiger partial charge on any atom is -0.363 e. The van der Waals surface area contributed by atoms with Crippen LogP contribution in [0.4, 0.5) is 29.1 Å². The Morgan fingerprint density at radius 3 is 2.36 bits per heavy atom. The van der Waals surface area contributed by atoms with Crippen molar-refractivity contribution in [1.29, 1.82) is 0 Å². The largest absolute Gasteiger partial charge is 0.363 e. The van der Waals surface area contributed by atoms with Crippen LogP contribution in [0.3, 0.4) is 0 Å². The molecule has 2 aromatic carbocycles. The molecule has 3 heterocycles. The zero-order chi connectivity index (χ0) is 24.7. The molecule has 0 bridgehead atoms. The lowest BCUT2D eigenvalue weighted by Gasteiger charge is -2.24. The van der Waals surface area contributed by atoms with Gasteiger partial charge in [0, 0.05) is 58.2 Å². The molecule has 0 spiro atoms. The molecule has 184 valence electrons. The molecule has 0 radical (unpaired) electrons. The Bertz CT molecular complexity index is 1260. The highest BCUT2D eigenvalue weighted by molar-refractivity contribution is 5.62. The molecule has 36 heavy (non-hydrogen) atoms. The lowest BCUT2D eigenvalue weighted by Crippen LogP contribution is -2.32. The maximum atomic E-state index is 4.93. The Hall–Kier alpha value is -4.13. The van der Waals surface area contributed by atoms with E-state index < -0.39 is 0 Å². The minimum absolute atomic E-state index is 0.756. The van der Waals surface area contributed by atoms with E-state index in [0.717, 1.165) is 68.1 Å². The Morgan fingerprint density at radius 1 is 0.778 bits per heavy atom. The van der Waals surface area contributed by atoms with Crippen molar-refractivity contribution >= 4 is 29.1 Å². The molecule has 7 heteroatoms. The van der Waals surface area contributed by atoms with Crippen LogP contribution in [-0.2, 0) is 6.42 Å². The van der Waals surface area contributed by atoms with E-state index in [1.807, 2.05) is 43.4 Å². The van der Waals surface area contributed by atoms with Gasteiger partial charge in [-0.15, -0.1) is 0 Å². The number of benzene rings is 2. The quantitative estimate of drug-likeness (QED) is 0.401. The van der Waals surface area contributed by atoms with E-state index in [2.05, 4.69) is 80.8 Å². The van der Waals surface area contributed by atoms with Crippen molar-refractivity contribution in [2.24, 2.45) is 0 Å². The predicted octanol–water partition coefficient (Wildman–Crippen LogP) is 4.99. The van der Waals surface area contributed by atoms with Gasteiger partial charge >= 0.3 is 0 Å². The lowest BCUT2D eigenvalue weighted by atomic mass is 10.0. The van der Waals surface area contributed by atoms with Gasteiger partial charge in [-0.3, -0.25) is 0 Å². The summed E-state index contributed by atoms with van der Waals surface area (Å²) in [5, 5.41) is 3.53. The molecule has 0 aliphatic carbocycles. The van der Waals surface area contributed by atoms with E-state index in [1.54, 1.807) is 0 Å². The summed E-state index contributed by atoms with van der Waals surface area (Å²) in [6.45, 7) is 3.61. The number of nitrogens with zero attached hydrogens (tertiary/aromatic N) is 6. The number of pyridine rings is 1. The zero-order valence-electron chi connectivity index (χ0n) is 21.0. The summed E-state index contributed by atoms with van der Waals surface area (Å²) in [7, 11) is 4.03. The number of aromatic nitrogens is 3. The third-order valence-corrected chi connectivity index (χ3v) is 6.36. The van der Waals surface area contributed by atoms with Crippen LogP contribution in [0.25, 0.3) is 0 Å². The fraction of sp³-hybridized carbons (Fsp3) is 0.276. The summed E-state index contributed by atoms with van der Waals surface area (Å²) in [6, 6.07) is 27.2. The standard InChI is InChI=1S/C29H33N7/c1-34(2)28-22-26(31-25-13-8-12-24(21-25)20-23-10-4-3-5-11-23)32-29(33-28)36-17-9-16-35(18-19-36)27-14-6-7-15-30-27/h3-8,10-15,21-22H,9,16-20H2,1-2H3,(H,31,32,33). The molecular weight excluding hydrogens is 446 g/mol. The van der Waals surface area contributed by atoms with Crippen LogP contribution in [0.2, 0.25) is 0 Å². The molecule has 2 aromatic heterocycles. The van der Waals surface area contributed by atoms with Gasteiger partial charge in [0.15, 0.2) is 0 Å². The van der Waals surface area contributed by atoms with Crippen molar-refractivity contribution in [2.75, 3.05) is 60.3 Å². The summed E-state index contributed by atoms with van der Waals surface area (Å²) in [6.07, 6.45) is 3.78. The van der Waals surface area contributed by atoms with Gasteiger partial charge in [-0.2, -0.15) is 9.97 Å². The van der Waals surface area contributed by atoms with E-state index in [1.165, 1.54) is 11.1 Å². The van der Waals surface area contributed by atoms with E-state index >= 15 is 0 Å². The van der Waals surface area contributed by atoms with Gasteiger partial charge < -0.3 is 20.0 Å². The summed E-state index contributed by atoms with van der Waals surface area (Å²) >= 11 is 0. The third-order valence-electron chi connectivity index (χ3n) is 6.36. The van der Waals surface area contributed by atoms with E-state index in [4.69, 9.17) is 9.97 Å². The second kappa shape index (κ2) is 11.1. The highest BCUT2D eigenvalue weighted by atomic mass is 15.3. The Balaban J connectivity index is 1.34. The van der Waals surface area contributed by atoms with Gasteiger partial charge in [-0.1, -0.05) is 48.5 Å². The molecular formula is C29H33N7. The molecule has 0 amide bonds. The van der Waals surface area contributed by atoms with Crippen molar-refractivity contribution in [3.8, 4) is 0 Å². The van der Waals surface area contributed by atoms with Crippen LogP contribution in [0, 0.1) is 0 Å². The molecule has 1 aliphatic rings. The van der Waals surface area contributed by atoms with Crippen molar-refractivity contribution < 1.29 is 0 Å². The Kier molecular flexibility index (Phi) is 7.26. The average Bonchev–Trinajstić information content (AvgIpc) is 3.16. The van der Waals surface area contributed by atoms with Crippen LogP contribution in [-0.4, -0.2) is 55.2 Å². The summed E-state index contributed by atoms with van der Waals surface area (Å²) in [5.41, 5.74) is 3.58. The van der Waals surface area contributed by atoms with Gasteiger partial charge in [0.2, 0.25) is 5.95 Å². The van der Waals surface area contributed by atoms with Crippen LogP contribution in [0.5, 0.6) is 0 Å². The van der Waals surface area contributed by atoms with Gasteiger partial charge in [-0.05, 0) is 48.2 Å². The lowest BCUT2D eigenvalue weighted by molar-refractivity contribution is 0.781. The molecule has 1 saturated heterocycles. The number of hydrogen-bond donors (Lipinski definition) is 1. The highest BCUT2D eigenvalue weighted by Gasteiger charge is 2.19. The van der Waals surface area contributed by atoms with Crippen LogP contribution >= 0.6 is 0 Å². The Morgan fingerprint density at radius 2 is 1.56 bits per heavy atom. The zero-order valence-corrected chi connectivity index (χ0v) is 21.0. The van der Waals surface area contributed by atoms with Gasteiger partial charge in [0.25, 0.3) is 0 Å². The van der Waals surface area contributed by atoms with Crippen molar-refractivity contribution in [2.45, 2.75) is 12.8 Å². The molecule has 1 fully saturated rings. The molecule has 7 nitrogen and oxygen atoms in total. The number of nitrogens with one attached hydrogen (secondary N) is 1. The third kappa shape index (κ3) is 5.92. The maximum absolute atomic E-state index is 4.93. The molecule has 4 aromatic rings. The van der Waals surface area contributed by atoms with Gasteiger partial charge in [0.1, 0.15) is 17.5 Å². The summed E-state index contributed by atoms with van der Waals surface area (Å²) in [4.78, 5) is 21.0. The monoisotopic (exact) mass is 479 g/mol. The first-order valence-electron chi connectivity index (χ1n) is 12.5. The summed E-state index contributed by atoms with van der Waals surface area (Å²) < 4.78 is 0. The van der Waals surface area contributed by atoms with E-state index in [-0.39, 0.29) is 0 Å². The predicted molar refractivity (Wildman–Crippen MR) is 149 cm³/mol. The second-order valence-electron chi connectivity index (χ2n) is 9.31. The van der Waals surface area contributed by atoms with Gasteiger partial charge in [0.05, 0.1) is 0 Å². The molecule has 5 rings (SSSR count). The SMILES string of the molecule is CN(C)c1cc(Nc2cccc(Cc3ccccc3)c2)nc(N2CCCN(c3ccccn3)CC2)n1. The van der Waals surface area contributed by atoms with E-state index in [9.17, 15) is 0 Å². The maximum Gasteiger partial charge on any atom is 0.229 e. The molecule has 0 saturated carbocycles. The normalized spacial score (nSPS) is 13.8.